The van der Waals surface area contributed by atoms with Crippen LogP contribution in [0, 0.1) is 13.8 Å². The van der Waals surface area contributed by atoms with Crippen LogP contribution in [-0.4, -0.2) is 25.7 Å². The molecule has 0 radical (unpaired) electrons. The van der Waals surface area contributed by atoms with Crippen molar-refractivity contribution >= 4 is 34.0 Å². The summed E-state index contributed by atoms with van der Waals surface area (Å²) in [4.78, 5) is 22.0. The Morgan fingerprint density at radius 2 is 1.81 bits per heavy atom. The summed E-state index contributed by atoms with van der Waals surface area (Å²) in [7, 11) is 0. The van der Waals surface area contributed by atoms with Crippen molar-refractivity contribution in [3.8, 4) is 17.1 Å². The predicted molar refractivity (Wildman–Crippen MR) is 116 cm³/mol. The number of carbonyl (C=O) groups excluding carboxylic acids is 1. The molecule has 0 fully saturated rings. The summed E-state index contributed by atoms with van der Waals surface area (Å²) < 4.78 is 39.6. The van der Waals surface area contributed by atoms with Crippen molar-refractivity contribution in [2.24, 2.45) is 0 Å². The number of aromatic nitrogens is 4. The molecule has 1 N–H and O–H groups in total. The van der Waals surface area contributed by atoms with Crippen LogP contribution >= 0.6 is 22.9 Å². The van der Waals surface area contributed by atoms with E-state index in [1.165, 1.54) is 28.3 Å². The highest BCUT2D eigenvalue weighted by atomic mass is 35.5. The lowest BCUT2D eigenvalue weighted by Gasteiger charge is -2.08. The van der Waals surface area contributed by atoms with Crippen LogP contribution in [0.25, 0.3) is 17.1 Å². The van der Waals surface area contributed by atoms with Crippen LogP contribution in [-0.2, 0) is 6.18 Å². The first-order valence-corrected chi connectivity index (χ1v) is 10.5. The molecule has 1 amide bonds. The van der Waals surface area contributed by atoms with Gasteiger partial charge in [-0.25, -0.2) is 14.6 Å². The van der Waals surface area contributed by atoms with Gasteiger partial charge in [0.05, 0.1) is 28.7 Å². The molecule has 3 heterocycles. The van der Waals surface area contributed by atoms with Crippen molar-refractivity contribution in [3.05, 3.63) is 75.5 Å². The summed E-state index contributed by atoms with van der Waals surface area (Å²) in [5, 5.41) is 7.89. The second-order valence-corrected chi connectivity index (χ2v) is 8.48. The zero-order chi connectivity index (χ0) is 23.0. The number of carbonyl (C=O) groups is 1. The Balaban J connectivity index is 1.55. The summed E-state index contributed by atoms with van der Waals surface area (Å²) in [6.45, 7) is 3.53. The number of thiazole rings is 1. The number of hydrogen-bond acceptors (Lipinski definition) is 5. The maximum absolute atomic E-state index is 12.8. The van der Waals surface area contributed by atoms with Gasteiger partial charge in [-0.1, -0.05) is 23.7 Å². The van der Waals surface area contributed by atoms with Gasteiger partial charge in [-0.05, 0) is 38.1 Å². The van der Waals surface area contributed by atoms with Gasteiger partial charge in [0.25, 0.3) is 5.91 Å². The number of amides is 1. The molecule has 0 aliphatic rings. The number of benzene rings is 1. The number of nitrogens with zero attached hydrogens (tertiary/aromatic N) is 4. The fourth-order valence-corrected chi connectivity index (χ4v) is 3.99. The maximum Gasteiger partial charge on any atom is 0.417 e. The van der Waals surface area contributed by atoms with Gasteiger partial charge in [-0.3, -0.25) is 10.1 Å². The molecule has 0 aliphatic heterocycles. The number of aryl methyl sites for hydroxylation is 1. The molecule has 0 saturated heterocycles. The van der Waals surface area contributed by atoms with E-state index in [-0.39, 0.29) is 11.4 Å². The Morgan fingerprint density at radius 3 is 2.44 bits per heavy atom. The third kappa shape index (κ3) is 4.37. The fraction of sp³-hybridized carbons (Fsp3) is 0.143. The SMILES string of the molecule is Cc1sc(NC(=O)c2cnn(-c3ccc(C(F)(F)F)cn3)c2C)nc1-c1ccc(Cl)cc1. The Bertz CT molecular complexity index is 1280. The molecule has 0 unspecified atom stereocenters. The zero-order valence-electron chi connectivity index (χ0n) is 16.7. The minimum absolute atomic E-state index is 0.171. The quantitative estimate of drug-likeness (QED) is 0.395. The van der Waals surface area contributed by atoms with Gasteiger partial charge in [-0.15, -0.1) is 11.3 Å². The number of rotatable bonds is 4. The minimum atomic E-state index is -4.48. The van der Waals surface area contributed by atoms with Gasteiger partial charge >= 0.3 is 6.18 Å². The van der Waals surface area contributed by atoms with Gasteiger partial charge in [0.1, 0.15) is 0 Å². The lowest BCUT2D eigenvalue weighted by atomic mass is 10.1. The molecule has 4 rings (SSSR count). The Hall–Kier alpha value is -3.24. The van der Waals surface area contributed by atoms with E-state index in [4.69, 9.17) is 11.6 Å². The molecule has 3 aromatic heterocycles. The van der Waals surface area contributed by atoms with Crippen LogP contribution in [0.3, 0.4) is 0 Å². The average Bonchev–Trinajstić information content (AvgIpc) is 3.30. The second kappa shape index (κ2) is 8.36. The molecule has 4 aromatic rings. The molecule has 1 aromatic carbocycles. The number of anilines is 1. The molecule has 11 heteroatoms. The van der Waals surface area contributed by atoms with Crippen LogP contribution in [0.2, 0.25) is 5.02 Å². The molecule has 0 spiro atoms. The molecular formula is C21H15ClF3N5OS. The van der Waals surface area contributed by atoms with E-state index < -0.39 is 17.6 Å². The smallest absolute Gasteiger partial charge is 0.298 e. The molecule has 6 nitrogen and oxygen atoms in total. The van der Waals surface area contributed by atoms with Gasteiger partial charge in [0, 0.05) is 21.7 Å². The molecule has 0 bridgehead atoms. The lowest BCUT2D eigenvalue weighted by molar-refractivity contribution is -0.137. The summed E-state index contributed by atoms with van der Waals surface area (Å²) in [5.41, 5.74) is 1.44. The van der Waals surface area contributed by atoms with E-state index in [0.29, 0.717) is 15.8 Å². The Labute approximate surface area is 189 Å². The van der Waals surface area contributed by atoms with Crippen LogP contribution in [0.5, 0.6) is 0 Å². The summed E-state index contributed by atoms with van der Waals surface area (Å²) in [6, 6.07) is 9.34. The zero-order valence-corrected chi connectivity index (χ0v) is 18.3. The summed E-state index contributed by atoms with van der Waals surface area (Å²) in [5.74, 6) is -0.262. The standard InChI is InChI=1S/C21H15ClF3N5OS/c1-11-16(10-27-30(11)17-8-5-14(9-26-17)21(23,24)25)19(31)29-20-28-18(12(2)32-20)13-3-6-15(22)7-4-13/h3-10H,1-2H3,(H,28,29,31). The largest absolute Gasteiger partial charge is 0.417 e. The highest BCUT2D eigenvalue weighted by molar-refractivity contribution is 7.16. The Morgan fingerprint density at radius 1 is 1.09 bits per heavy atom. The maximum atomic E-state index is 12.8. The van der Waals surface area contributed by atoms with E-state index in [2.05, 4.69) is 20.4 Å². The van der Waals surface area contributed by atoms with E-state index in [1.807, 2.05) is 19.1 Å². The van der Waals surface area contributed by atoms with Crippen molar-refractivity contribution in [2.45, 2.75) is 20.0 Å². The number of halogens is 4. The first-order chi connectivity index (χ1) is 15.1. The number of hydrogen-bond donors (Lipinski definition) is 1. The van der Waals surface area contributed by atoms with E-state index in [1.54, 1.807) is 19.1 Å². The number of pyridine rings is 1. The van der Waals surface area contributed by atoms with E-state index in [0.717, 1.165) is 28.4 Å². The summed E-state index contributed by atoms with van der Waals surface area (Å²) >= 11 is 7.26. The van der Waals surface area contributed by atoms with E-state index in [9.17, 15) is 18.0 Å². The molecule has 0 saturated carbocycles. The van der Waals surface area contributed by atoms with Crippen molar-refractivity contribution in [1.82, 2.24) is 19.7 Å². The Kier molecular flexibility index (Phi) is 5.74. The second-order valence-electron chi connectivity index (χ2n) is 6.84. The summed E-state index contributed by atoms with van der Waals surface area (Å²) in [6.07, 6.45) is -2.41. The highest BCUT2D eigenvalue weighted by Crippen LogP contribution is 2.32. The third-order valence-electron chi connectivity index (χ3n) is 4.68. The molecular weight excluding hydrogens is 463 g/mol. The predicted octanol–water partition coefficient (Wildman–Crippen LogP) is 5.93. The number of alkyl halides is 3. The normalized spacial score (nSPS) is 11.6. The highest BCUT2D eigenvalue weighted by Gasteiger charge is 2.31. The van der Waals surface area contributed by atoms with Crippen molar-refractivity contribution in [2.75, 3.05) is 5.32 Å². The minimum Gasteiger partial charge on any atom is -0.298 e. The van der Waals surface area contributed by atoms with Crippen LogP contribution in [0.15, 0.2) is 48.8 Å². The molecule has 0 atom stereocenters. The monoisotopic (exact) mass is 477 g/mol. The van der Waals surface area contributed by atoms with Gasteiger partial charge in [-0.2, -0.15) is 18.3 Å². The van der Waals surface area contributed by atoms with Crippen molar-refractivity contribution in [1.29, 1.82) is 0 Å². The van der Waals surface area contributed by atoms with Gasteiger partial charge in [0.2, 0.25) is 0 Å². The van der Waals surface area contributed by atoms with Crippen LogP contribution in [0.4, 0.5) is 18.3 Å². The van der Waals surface area contributed by atoms with Gasteiger partial charge < -0.3 is 0 Å². The first-order valence-electron chi connectivity index (χ1n) is 9.26. The average molecular weight is 478 g/mol. The lowest BCUT2D eigenvalue weighted by Crippen LogP contribution is -2.13. The fourth-order valence-electron chi connectivity index (χ4n) is 3.03. The van der Waals surface area contributed by atoms with Crippen molar-refractivity contribution in [3.63, 3.8) is 0 Å². The molecule has 164 valence electrons. The molecule has 0 aliphatic carbocycles. The molecule has 32 heavy (non-hydrogen) atoms. The van der Waals surface area contributed by atoms with Gasteiger partial charge in [0.15, 0.2) is 10.9 Å². The number of nitrogens with one attached hydrogen (secondary N) is 1. The topological polar surface area (TPSA) is 72.7 Å². The van der Waals surface area contributed by atoms with Crippen molar-refractivity contribution < 1.29 is 18.0 Å². The van der Waals surface area contributed by atoms with E-state index >= 15 is 0 Å². The van der Waals surface area contributed by atoms with Crippen LogP contribution < -0.4 is 5.32 Å². The third-order valence-corrected chi connectivity index (χ3v) is 5.82. The first kappa shape index (κ1) is 22.0. The van der Waals surface area contributed by atoms with Crippen LogP contribution in [0.1, 0.15) is 26.5 Å².